The smallest absolute Gasteiger partial charge is 0.155 e. The third-order valence-corrected chi connectivity index (χ3v) is 6.38. The first-order valence-corrected chi connectivity index (χ1v) is 9.67. The SMILES string of the molecule is CC(C)(C)c1ccc2nc3c4[c-]c5c(cc4ccn3c2n1)C1CCC5C1.[Ir]. The van der Waals surface area contributed by atoms with Crippen molar-refractivity contribution in [1.29, 1.82) is 0 Å². The number of imidazole rings is 1. The van der Waals surface area contributed by atoms with Crippen LogP contribution in [0.25, 0.3) is 27.6 Å². The van der Waals surface area contributed by atoms with Gasteiger partial charge in [0.1, 0.15) is 0 Å². The molecule has 1 saturated carbocycles. The van der Waals surface area contributed by atoms with Gasteiger partial charge < -0.3 is 4.40 Å². The summed E-state index contributed by atoms with van der Waals surface area (Å²) in [5.74, 6) is 1.48. The van der Waals surface area contributed by atoms with Gasteiger partial charge in [0.15, 0.2) is 5.65 Å². The Hall–Kier alpha value is -1.77. The molecule has 2 unspecified atom stereocenters. The van der Waals surface area contributed by atoms with Crippen LogP contribution < -0.4 is 0 Å². The van der Waals surface area contributed by atoms with Crippen molar-refractivity contribution in [2.24, 2.45) is 0 Å². The Morgan fingerprint density at radius 1 is 1.04 bits per heavy atom. The molecule has 2 atom stereocenters. The summed E-state index contributed by atoms with van der Waals surface area (Å²) in [6, 6.07) is 12.6. The van der Waals surface area contributed by atoms with Gasteiger partial charge in [0.05, 0.1) is 11.2 Å². The van der Waals surface area contributed by atoms with E-state index in [1.54, 1.807) is 5.56 Å². The van der Waals surface area contributed by atoms with Crippen LogP contribution in [0.15, 0.2) is 30.5 Å². The first-order chi connectivity index (χ1) is 12.5. The van der Waals surface area contributed by atoms with Crippen molar-refractivity contribution >= 4 is 27.6 Å². The van der Waals surface area contributed by atoms with E-state index in [4.69, 9.17) is 9.97 Å². The molecule has 0 spiro atoms. The van der Waals surface area contributed by atoms with E-state index in [2.05, 4.69) is 61.7 Å². The maximum Gasteiger partial charge on any atom is 0.155 e. The maximum atomic E-state index is 4.94. The van der Waals surface area contributed by atoms with Crippen molar-refractivity contribution in [3.8, 4) is 0 Å². The third kappa shape index (κ3) is 2.36. The molecule has 0 saturated heterocycles. The number of hydrogen-bond acceptors (Lipinski definition) is 2. The number of rotatable bonds is 0. The van der Waals surface area contributed by atoms with Crippen molar-refractivity contribution in [2.45, 2.75) is 57.3 Å². The van der Waals surface area contributed by atoms with Crippen LogP contribution in [0, 0.1) is 6.07 Å². The van der Waals surface area contributed by atoms with Crippen LogP contribution in [0.2, 0.25) is 0 Å². The van der Waals surface area contributed by atoms with Gasteiger partial charge in [-0.05, 0) is 43.0 Å². The quantitative estimate of drug-likeness (QED) is 0.280. The Bertz CT molecular complexity index is 1220. The number of benzene rings is 1. The van der Waals surface area contributed by atoms with Crippen LogP contribution in [0.1, 0.15) is 68.7 Å². The van der Waals surface area contributed by atoms with E-state index in [-0.39, 0.29) is 25.5 Å². The minimum atomic E-state index is 0. The first-order valence-electron chi connectivity index (χ1n) is 9.67. The number of aromatic nitrogens is 3. The van der Waals surface area contributed by atoms with Crippen LogP contribution in [0.4, 0.5) is 0 Å². The van der Waals surface area contributed by atoms with Gasteiger partial charge in [-0.15, -0.1) is 34.0 Å². The van der Waals surface area contributed by atoms with E-state index in [1.807, 2.05) is 0 Å². The molecule has 0 N–H and O–H groups in total. The summed E-state index contributed by atoms with van der Waals surface area (Å²) in [5.41, 5.74) is 7.02. The zero-order chi connectivity index (χ0) is 17.6. The molecule has 1 radical (unpaired) electrons. The summed E-state index contributed by atoms with van der Waals surface area (Å²) in [6.45, 7) is 6.60. The molecule has 1 fully saturated rings. The Morgan fingerprint density at radius 3 is 2.67 bits per heavy atom. The van der Waals surface area contributed by atoms with Gasteiger partial charge in [0.25, 0.3) is 0 Å². The molecule has 3 heterocycles. The number of nitrogens with zero attached hydrogens (tertiary/aromatic N) is 3. The molecule has 139 valence electrons. The van der Waals surface area contributed by atoms with E-state index >= 15 is 0 Å². The van der Waals surface area contributed by atoms with Gasteiger partial charge in [-0.25, -0.2) is 4.98 Å². The number of pyridine rings is 2. The monoisotopic (exact) mass is 533 g/mol. The van der Waals surface area contributed by atoms with Crippen molar-refractivity contribution in [2.75, 3.05) is 0 Å². The fourth-order valence-corrected chi connectivity index (χ4v) is 4.98. The molecule has 6 rings (SSSR count). The van der Waals surface area contributed by atoms with Crippen LogP contribution >= 0.6 is 0 Å². The topological polar surface area (TPSA) is 30.2 Å². The molecule has 4 aromatic rings. The molecule has 0 amide bonds. The molecule has 2 aliphatic rings. The summed E-state index contributed by atoms with van der Waals surface area (Å²) in [6.07, 6.45) is 6.13. The fourth-order valence-electron chi connectivity index (χ4n) is 4.98. The van der Waals surface area contributed by atoms with E-state index < -0.39 is 0 Å². The van der Waals surface area contributed by atoms with E-state index in [1.165, 1.54) is 30.2 Å². The van der Waals surface area contributed by atoms with Crippen LogP contribution in [0.3, 0.4) is 0 Å². The minimum absolute atomic E-state index is 0. The Balaban J connectivity index is 0.00000160. The van der Waals surface area contributed by atoms with Gasteiger partial charge in [-0.3, -0.25) is 4.98 Å². The van der Waals surface area contributed by atoms with Gasteiger partial charge in [0, 0.05) is 31.2 Å². The number of fused-ring (bicyclic) bond motifs is 10. The van der Waals surface area contributed by atoms with Crippen LogP contribution in [-0.4, -0.2) is 14.4 Å². The van der Waals surface area contributed by atoms with Gasteiger partial charge >= 0.3 is 0 Å². The molecular formula is C23H22IrN3-. The van der Waals surface area contributed by atoms with Crippen LogP contribution in [-0.2, 0) is 25.5 Å². The van der Waals surface area contributed by atoms with Crippen molar-refractivity contribution in [1.82, 2.24) is 14.4 Å². The van der Waals surface area contributed by atoms with Crippen molar-refractivity contribution in [3.05, 3.63) is 53.3 Å². The fraction of sp³-hybridized carbons (Fsp3) is 0.391. The van der Waals surface area contributed by atoms with Crippen molar-refractivity contribution in [3.63, 3.8) is 0 Å². The Labute approximate surface area is 172 Å². The molecule has 0 aliphatic heterocycles. The predicted molar refractivity (Wildman–Crippen MR) is 105 cm³/mol. The molecule has 3 aromatic heterocycles. The molecule has 27 heavy (non-hydrogen) atoms. The standard InChI is InChI=1S/C23H22N3.Ir/c1-23(2,3)20-7-6-19-22(25-20)26-9-8-15-11-16-13-4-5-14(10-13)17(16)12-18(15)21(26)24-19;/h6-9,11,13-14H,4-5,10H2,1-3H3;/q-1;. The summed E-state index contributed by atoms with van der Waals surface area (Å²) < 4.78 is 2.14. The second-order valence-corrected chi connectivity index (χ2v) is 9.09. The molecule has 1 aromatic carbocycles. The summed E-state index contributed by atoms with van der Waals surface area (Å²) >= 11 is 0. The Morgan fingerprint density at radius 2 is 1.85 bits per heavy atom. The normalized spacial score (nSPS) is 21.1. The molecule has 2 aliphatic carbocycles. The van der Waals surface area contributed by atoms with Gasteiger partial charge in [-0.2, -0.15) is 0 Å². The van der Waals surface area contributed by atoms with Gasteiger partial charge in [0.2, 0.25) is 0 Å². The van der Waals surface area contributed by atoms with E-state index in [9.17, 15) is 0 Å². The summed E-state index contributed by atoms with van der Waals surface area (Å²) in [7, 11) is 0. The average molecular weight is 533 g/mol. The average Bonchev–Trinajstić information content (AvgIpc) is 3.31. The maximum absolute atomic E-state index is 4.94. The largest absolute Gasteiger partial charge is 0.325 e. The van der Waals surface area contributed by atoms with Crippen LogP contribution in [0.5, 0.6) is 0 Å². The molecule has 4 heteroatoms. The Kier molecular flexibility index (Phi) is 3.61. The third-order valence-electron chi connectivity index (χ3n) is 6.38. The van der Waals surface area contributed by atoms with E-state index in [0.717, 1.165) is 39.7 Å². The predicted octanol–water partition coefficient (Wildman–Crippen LogP) is 5.50. The number of hydrogen-bond donors (Lipinski definition) is 0. The molecule has 3 nitrogen and oxygen atoms in total. The minimum Gasteiger partial charge on any atom is -0.325 e. The summed E-state index contributed by atoms with van der Waals surface area (Å²) in [5, 5.41) is 2.41. The summed E-state index contributed by atoms with van der Waals surface area (Å²) in [4.78, 5) is 9.86. The zero-order valence-electron chi connectivity index (χ0n) is 15.8. The van der Waals surface area contributed by atoms with Gasteiger partial charge in [-0.1, -0.05) is 33.3 Å². The second kappa shape index (κ2) is 5.62. The second-order valence-electron chi connectivity index (χ2n) is 9.09. The van der Waals surface area contributed by atoms with Crippen molar-refractivity contribution < 1.29 is 20.1 Å². The zero-order valence-corrected chi connectivity index (χ0v) is 18.2. The van der Waals surface area contributed by atoms with E-state index in [0.29, 0.717) is 0 Å². The first kappa shape index (κ1) is 17.3. The molecule has 2 bridgehead atoms. The molecular weight excluding hydrogens is 510 g/mol.